The molecular weight excluding hydrogens is 260 g/mol. The number of nitrogens with zero attached hydrogens (tertiary/aromatic N) is 2. The molecule has 0 saturated carbocycles. The zero-order chi connectivity index (χ0) is 13.8. The smallest absolute Gasteiger partial charge is 0.163 e. The normalized spacial score (nSPS) is 10.3. The molecule has 0 saturated heterocycles. The van der Waals surface area contributed by atoms with E-state index in [-0.39, 0.29) is 5.78 Å². The molecule has 19 heavy (non-hydrogen) atoms. The van der Waals surface area contributed by atoms with Crippen molar-refractivity contribution in [2.75, 3.05) is 11.9 Å². The van der Waals surface area contributed by atoms with Gasteiger partial charge in [-0.25, -0.2) is 4.98 Å². The van der Waals surface area contributed by atoms with Crippen molar-refractivity contribution in [3.63, 3.8) is 0 Å². The summed E-state index contributed by atoms with van der Waals surface area (Å²) in [7, 11) is 1.90. The highest BCUT2D eigenvalue weighted by Gasteiger charge is 2.13. The Kier molecular flexibility index (Phi) is 4.17. The van der Waals surface area contributed by atoms with E-state index in [1.54, 1.807) is 25.3 Å². The van der Waals surface area contributed by atoms with E-state index in [0.717, 1.165) is 10.6 Å². The van der Waals surface area contributed by atoms with Crippen LogP contribution in [0.1, 0.15) is 22.8 Å². The van der Waals surface area contributed by atoms with Gasteiger partial charge in [0.15, 0.2) is 5.78 Å². The quantitative estimate of drug-likeness (QED) is 0.799. The second-order valence-electron chi connectivity index (χ2n) is 4.38. The zero-order valence-electron chi connectivity index (χ0n) is 10.9. The number of anilines is 1. The summed E-state index contributed by atoms with van der Waals surface area (Å²) in [5.41, 5.74) is 1.63. The van der Waals surface area contributed by atoms with Crippen LogP contribution in [0.4, 0.5) is 5.82 Å². The Balaban J connectivity index is 2.28. The molecule has 0 N–H and O–H groups in total. The van der Waals surface area contributed by atoms with E-state index in [0.29, 0.717) is 17.9 Å². The molecular formula is C15H15ClN2O. The van der Waals surface area contributed by atoms with E-state index in [9.17, 15) is 4.79 Å². The van der Waals surface area contributed by atoms with Crippen LogP contribution in [0.2, 0.25) is 5.02 Å². The van der Waals surface area contributed by atoms with Gasteiger partial charge in [-0.3, -0.25) is 4.79 Å². The predicted octanol–water partition coefficient (Wildman–Crippen LogP) is 3.57. The van der Waals surface area contributed by atoms with Crippen LogP contribution in [-0.4, -0.2) is 17.8 Å². The Labute approximate surface area is 117 Å². The summed E-state index contributed by atoms with van der Waals surface area (Å²) in [4.78, 5) is 17.8. The molecule has 0 bridgehead atoms. The third-order valence-corrected chi connectivity index (χ3v) is 3.26. The molecule has 0 spiro atoms. The number of Topliss-reactive ketones (excluding diaryl/α,β-unsaturated/α-hetero) is 1. The summed E-state index contributed by atoms with van der Waals surface area (Å²) < 4.78 is 0. The standard InChI is InChI=1S/C15H15ClN2O/c1-11(19)13-7-5-9-17-15(13)18(2)10-12-6-3-4-8-14(12)16/h3-9H,10H2,1-2H3. The molecule has 0 radical (unpaired) electrons. The number of hydrogen-bond donors (Lipinski definition) is 0. The molecule has 0 fully saturated rings. The van der Waals surface area contributed by atoms with Gasteiger partial charge in [-0.2, -0.15) is 0 Å². The minimum Gasteiger partial charge on any atom is -0.355 e. The van der Waals surface area contributed by atoms with Crippen LogP contribution in [0.25, 0.3) is 0 Å². The van der Waals surface area contributed by atoms with Gasteiger partial charge in [0.1, 0.15) is 5.82 Å². The number of aromatic nitrogens is 1. The van der Waals surface area contributed by atoms with Gasteiger partial charge in [-0.05, 0) is 30.7 Å². The first kappa shape index (κ1) is 13.6. The maximum Gasteiger partial charge on any atom is 0.163 e. The van der Waals surface area contributed by atoms with Gasteiger partial charge >= 0.3 is 0 Å². The lowest BCUT2D eigenvalue weighted by Gasteiger charge is -2.20. The van der Waals surface area contributed by atoms with E-state index in [2.05, 4.69) is 4.98 Å². The number of halogens is 1. The maximum atomic E-state index is 11.6. The summed E-state index contributed by atoms with van der Waals surface area (Å²) in [5, 5.41) is 0.717. The molecule has 0 amide bonds. The molecule has 1 aromatic heterocycles. The van der Waals surface area contributed by atoms with Gasteiger partial charge in [0.05, 0.1) is 5.56 Å². The Morgan fingerprint density at radius 1 is 1.26 bits per heavy atom. The summed E-state index contributed by atoms with van der Waals surface area (Å²) in [5.74, 6) is 0.684. The fourth-order valence-electron chi connectivity index (χ4n) is 1.93. The average molecular weight is 275 g/mol. The van der Waals surface area contributed by atoms with Crippen LogP contribution in [-0.2, 0) is 6.54 Å². The van der Waals surface area contributed by atoms with E-state index in [1.165, 1.54) is 0 Å². The molecule has 2 aromatic rings. The largest absolute Gasteiger partial charge is 0.355 e. The third kappa shape index (κ3) is 3.12. The Hall–Kier alpha value is -1.87. The van der Waals surface area contributed by atoms with Crippen LogP contribution < -0.4 is 4.90 Å². The van der Waals surface area contributed by atoms with Gasteiger partial charge in [0.2, 0.25) is 0 Å². The number of ketones is 1. The van der Waals surface area contributed by atoms with Gasteiger partial charge < -0.3 is 4.90 Å². The average Bonchev–Trinajstić information content (AvgIpc) is 2.41. The summed E-state index contributed by atoms with van der Waals surface area (Å²) in [6.45, 7) is 2.15. The molecule has 3 nitrogen and oxygen atoms in total. The highest BCUT2D eigenvalue weighted by atomic mass is 35.5. The third-order valence-electron chi connectivity index (χ3n) is 2.89. The molecule has 0 atom stereocenters. The van der Waals surface area contributed by atoms with Crippen LogP contribution in [0, 0.1) is 0 Å². The van der Waals surface area contributed by atoms with Crippen molar-refractivity contribution < 1.29 is 4.79 Å². The molecule has 98 valence electrons. The molecule has 2 rings (SSSR count). The summed E-state index contributed by atoms with van der Waals surface area (Å²) in [6.07, 6.45) is 1.69. The van der Waals surface area contributed by atoms with Crippen molar-refractivity contribution in [1.29, 1.82) is 0 Å². The van der Waals surface area contributed by atoms with Crippen LogP contribution in [0.5, 0.6) is 0 Å². The number of benzene rings is 1. The highest BCUT2D eigenvalue weighted by molar-refractivity contribution is 6.31. The maximum absolute atomic E-state index is 11.6. The predicted molar refractivity (Wildman–Crippen MR) is 77.8 cm³/mol. The van der Waals surface area contributed by atoms with Gasteiger partial charge in [0.25, 0.3) is 0 Å². The van der Waals surface area contributed by atoms with Gasteiger partial charge in [0, 0.05) is 24.8 Å². The number of carbonyl (C=O) groups is 1. The molecule has 0 aliphatic rings. The first-order valence-electron chi connectivity index (χ1n) is 6.00. The first-order chi connectivity index (χ1) is 9.09. The lowest BCUT2D eigenvalue weighted by molar-refractivity contribution is 0.101. The fraction of sp³-hybridized carbons (Fsp3) is 0.200. The lowest BCUT2D eigenvalue weighted by atomic mass is 10.1. The number of pyridine rings is 1. The zero-order valence-corrected chi connectivity index (χ0v) is 11.7. The molecule has 1 heterocycles. The Morgan fingerprint density at radius 3 is 2.68 bits per heavy atom. The van der Waals surface area contributed by atoms with E-state index < -0.39 is 0 Å². The second kappa shape index (κ2) is 5.85. The molecule has 1 aromatic carbocycles. The van der Waals surface area contributed by atoms with Crippen LogP contribution >= 0.6 is 11.6 Å². The minimum atomic E-state index is 0.00843. The second-order valence-corrected chi connectivity index (χ2v) is 4.79. The number of rotatable bonds is 4. The first-order valence-corrected chi connectivity index (χ1v) is 6.38. The minimum absolute atomic E-state index is 0.00843. The fourth-order valence-corrected chi connectivity index (χ4v) is 2.13. The molecule has 4 heteroatoms. The topological polar surface area (TPSA) is 33.2 Å². The van der Waals surface area contributed by atoms with Crippen molar-refractivity contribution in [3.8, 4) is 0 Å². The van der Waals surface area contributed by atoms with E-state index in [4.69, 9.17) is 11.6 Å². The van der Waals surface area contributed by atoms with Crippen LogP contribution in [0.15, 0.2) is 42.6 Å². The molecule has 0 aliphatic heterocycles. The van der Waals surface area contributed by atoms with Crippen molar-refractivity contribution in [1.82, 2.24) is 4.98 Å². The number of carbonyl (C=O) groups excluding carboxylic acids is 1. The SMILES string of the molecule is CC(=O)c1cccnc1N(C)Cc1ccccc1Cl. The number of hydrogen-bond acceptors (Lipinski definition) is 3. The monoisotopic (exact) mass is 274 g/mol. The molecule has 0 aliphatic carbocycles. The van der Waals surface area contributed by atoms with Gasteiger partial charge in [-0.1, -0.05) is 29.8 Å². The Bertz CT molecular complexity index is 598. The van der Waals surface area contributed by atoms with E-state index >= 15 is 0 Å². The van der Waals surface area contributed by atoms with Gasteiger partial charge in [-0.15, -0.1) is 0 Å². The van der Waals surface area contributed by atoms with E-state index in [1.807, 2.05) is 36.2 Å². The summed E-state index contributed by atoms with van der Waals surface area (Å²) >= 11 is 6.14. The van der Waals surface area contributed by atoms with Crippen molar-refractivity contribution in [2.45, 2.75) is 13.5 Å². The Morgan fingerprint density at radius 2 is 2.00 bits per heavy atom. The lowest BCUT2D eigenvalue weighted by Crippen LogP contribution is -2.20. The van der Waals surface area contributed by atoms with Crippen molar-refractivity contribution in [3.05, 3.63) is 58.7 Å². The summed E-state index contributed by atoms with van der Waals surface area (Å²) in [6, 6.07) is 11.2. The van der Waals surface area contributed by atoms with Crippen LogP contribution in [0.3, 0.4) is 0 Å². The highest BCUT2D eigenvalue weighted by Crippen LogP contribution is 2.21. The molecule has 0 unspecified atom stereocenters. The van der Waals surface area contributed by atoms with Crippen molar-refractivity contribution >= 4 is 23.2 Å². The van der Waals surface area contributed by atoms with Crippen molar-refractivity contribution in [2.24, 2.45) is 0 Å².